The second-order valence-corrected chi connectivity index (χ2v) is 7.33. The molecule has 3 aromatic rings. The van der Waals surface area contributed by atoms with Gasteiger partial charge in [-0.05, 0) is 49.3 Å². The molecule has 2 N–H and O–H groups in total. The van der Waals surface area contributed by atoms with Crippen LogP contribution in [-0.2, 0) is 6.42 Å². The summed E-state index contributed by atoms with van der Waals surface area (Å²) >= 11 is 1.66. The van der Waals surface area contributed by atoms with Crippen LogP contribution < -0.4 is 5.32 Å². The monoisotopic (exact) mass is 340 g/mol. The number of rotatable bonds is 5. The number of nitrogens with zero attached hydrogens (tertiary/aromatic N) is 3. The first-order valence-corrected chi connectivity index (χ1v) is 9.13. The number of aromatic nitrogens is 3. The van der Waals surface area contributed by atoms with Crippen molar-refractivity contribution >= 4 is 27.4 Å². The van der Waals surface area contributed by atoms with Gasteiger partial charge in [0.2, 0.25) is 0 Å². The smallest absolute Gasteiger partial charge is 0.148 e. The Morgan fingerprint density at radius 2 is 2.17 bits per heavy atom. The molecule has 5 nitrogen and oxygen atoms in total. The van der Waals surface area contributed by atoms with Crippen molar-refractivity contribution in [2.75, 3.05) is 5.32 Å². The molecule has 0 radical (unpaired) electrons. The Bertz CT molecular complexity index is 829. The van der Waals surface area contributed by atoms with Gasteiger partial charge in [-0.25, -0.2) is 9.97 Å². The molecule has 6 heteroatoms. The lowest BCUT2D eigenvalue weighted by Gasteiger charge is -2.38. The van der Waals surface area contributed by atoms with Crippen molar-refractivity contribution in [3.05, 3.63) is 47.4 Å². The van der Waals surface area contributed by atoms with Gasteiger partial charge in [0, 0.05) is 24.4 Å². The van der Waals surface area contributed by atoms with Crippen LogP contribution in [0.25, 0.3) is 10.2 Å². The van der Waals surface area contributed by atoms with Crippen molar-refractivity contribution in [1.82, 2.24) is 15.0 Å². The van der Waals surface area contributed by atoms with E-state index >= 15 is 0 Å². The number of nitrogens with one attached hydrogen (secondary N) is 1. The van der Waals surface area contributed by atoms with Crippen LogP contribution in [0.2, 0.25) is 0 Å². The summed E-state index contributed by atoms with van der Waals surface area (Å²) in [5.41, 5.74) is 2.05. The van der Waals surface area contributed by atoms with Gasteiger partial charge in [0.15, 0.2) is 0 Å². The molecule has 24 heavy (non-hydrogen) atoms. The van der Waals surface area contributed by atoms with Crippen molar-refractivity contribution < 1.29 is 5.11 Å². The molecule has 4 rings (SSSR count). The van der Waals surface area contributed by atoms with Crippen LogP contribution in [0.1, 0.15) is 24.4 Å². The minimum absolute atomic E-state index is 0.170. The second kappa shape index (κ2) is 6.45. The van der Waals surface area contributed by atoms with Gasteiger partial charge in [-0.1, -0.05) is 6.07 Å². The third kappa shape index (κ3) is 3.12. The third-order valence-electron chi connectivity index (χ3n) is 4.61. The molecule has 0 bridgehead atoms. The molecule has 1 aliphatic carbocycles. The fraction of sp³-hybridized carbons (Fsp3) is 0.389. The van der Waals surface area contributed by atoms with Gasteiger partial charge in [-0.2, -0.15) is 0 Å². The van der Waals surface area contributed by atoms with E-state index in [2.05, 4.69) is 26.3 Å². The Kier molecular flexibility index (Phi) is 4.16. The summed E-state index contributed by atoms with van der Waals surface area (Å²) in [5, 5.41) is 15.4. The molecule has 1 saturated carbocycles. The van der Waals surface area contributed by atoms with Crippen LogP contribution >= 0.6 is 11.3 Å². The Hall–Kier alpha value is -2.05. The SMILES string of the molecule is Cc1nc(NC(Cc2ccccn2)C2CC(O)C2)c2sccc2n1. The van der Waals surface area contributed by atoms with E-state index in [1.54, 1.807) is 11.3 Å². The van der Waals surface area contributed by atoms with Gasteiger partial charge in [0.1, 0.15) is 11.6 Å². The molecule has 3 heterocycles. The Balaban J connectivity index is 1.62. The van der Waals surface area contributed by atoms with Crippen molar-refractivity contribution in [2.45, 2.75) is 38.3 Å². The Morgan fingerprint density at radius 3 is 2.92 bits per heavy atom. The summed E-state index contributed by atoms with van der Waals surface area (Å²) in [4.78, 5) is 13.6. The van der Waals surface area contributed by atoms with E-state index in [4.69, 9.17) is 0 Å². The number of aliphatic hydroxyl groups is 1. The molecule has 0 spiro atoms. The maximum absolute atomic E-state index is 9.72. The molecule has 1 unspecified atom stereocenters. The topological polar surface area (TPSA) is 70.9 Å². The summed E-state index contributed by atoms with van der Waals surface area (Å²) < 4.78 is 1.09. The number of hydrogen-bond donors (Lipinski definition) is 2. The number of aryl methyl sites for hydroxylation is 1. The molecule has 0 aliphatic heterocycles. The van der Waals surface area contributed by atoms with Gasteiger partial charge in [0.05, 0.1) is 16.3 Å². The van der Waals surface area contributed by atoms with E-state index < -0.39 is 0 Å². The minimum Gasteiger partial charge on any atom is -0.393 e. The molecular weight excluding hydrogens is 320 g/mol. The lowest BCUT2D eigenvalue weighted by Crippen LogP contribution is -2.42. The number of aliphatic hydroxyl groups excluding tert-OH is 1. The number of pyridine rings is 1. The summed E-state index contributed by atoms with van der Waals surface area (Å²) in [6.07, 6.45) is 4.16. The average molecular weight is 340 g/mol. The molecule has 1 atom stereocenters. The highest BCUT2D eigenvalue weighted by atomic mass is 32.1. The molecule has 0 aromatic carbocycles. The molecular formula is C18H20N4OS. The molecule has 124 valence electrons. The molecule has 1 aliphatic rings. The zero-order chi connectivity index (χ0) is 16.5. The summed E-state index contributed by atoms with van der Waals surface area (Å²) in [6, 6.07) is 8.24. The number of thiophene rings is 1. The van der Waals surface area contributed by atoms with Crippen LogP contribution in [0.5, 0.6) is 0 Å². The second-order valence-electron chi connectivity index (χ2n) is 6.42. The average Bonchev–Trinajstić information content (AvgIpc) is 3.00. The van der Waals surface area contributed by atoms with Gasteiger partial charge in [-0.15, -0.1) is 11.3 Å². The highest BCUT2D eigenvalue weighted by molar-refractivity contribution is 7.17. The van der Waals surface area contributed by atoms with Crippen molar-refractivity contribution in [3.63, 3.8) is 0 Å². The van der Waals surface area contributed by atoms with Crippen molar-refractivity contribution in [3.8, 4) is 0 Å². The lowest BCUT2D eigenvalue weighted by atomic mass is 9.76. The van der Waals surface area contributed by atoms with E-state index in [0.717, 1.165) is 46.8 Å². The van der Waals surface area contributed by atoms with Gasteiger partial charge in [-0.3, -0.25) is 4.98 Å². The predicted molar refractivity (Wildman–Crippen MR) is 96.2 cm³/mol. The molecule has 3 aromatic heterocycles. The van der Waals surface area contributed by atoms with Crippen LogP contribution in [0.3, 0.4) is 0 Å². The fourth-order valence-corrected chi connectivity index (χ4v) is 4.07. The zero-order valence-electron chi connectivity index (χ0n) is 13.5. The Morgan fingerprint density at radius 1 is 1.29 bits per heavy atom. The number of anilines is 1. The van der Waals surface area contributed by atoms with E-state index in [1.165, 1.54) is 0 Å². The standard InChI is InChI=1S/C18H20N4OS/c1-11-20-15-5-7-24-17(15)18(21-11)22-16(12-8-14(23)9-12)10-13-4-2-3-6-19-13/h2-7,12,14,16,23H,8-10H2,1H3,(H,20,21,22). The Labute approximate surface area is 144 Å². The maximum Gasteiger partial charge on any atom is 0.148 e. The van der Waals surface area contributed by atoms with Crippen molar-refractivity contribution in [2.24, 2.45) is 5.92 Å². The molecule has 0 saturated heterocycles. The van der Waals surface area contributed by atoms with E-state index in [9.17, 15) is 5.11 Å². The zero-order valence-corrected chi connectivity index (χ0v) is 14.3. The summed E-state index contributed by atoms with van der Waals surface area (Å²) in [7, 11) is 0. The summed E-state index contributed by atoms with van der Waals surface area (Å²) in [5.74, 6) is 2.11. The first-order chi connectivity index (χ1) is 11.7. The third-order valence-corrected chi connectivity index (χ3v) is 5.52. The van der Waals surface area contributed by atoms with Crippen LogP contribution in [0, 0.1) is 12.8 Å². The number of fused-ring (bicyclic) bond motifs is 1. The molecule has 0 amide bonds. The lowest BCUT2D eigenvalue weighted by molar-refractivity contribution is 0.0341. The van der Waals surface area contributed by atoms with E-state index in [0.29, 0.717) is 5.92 Å². The largest absolute Gasteiger partial charge is 0.393 e. The predicted octanol–water partition coefficient (Wildman–Crippen LogP) is 3.19. The van der Waals surface area contributed by atoms with Crippen LogP contribution in [0.15, 0.2) is 35.8 Å². The highest BCUT2D eigenvalue weighted by Crippen LogP contribution is 2.35. The highest BCUT2D eigenvalue weighted by Gasteiger charge is 2.34. The summed E-state index contributed by atoms with van der Waals surface area (Å²) in [6.45, 7) is 1.92. The van der Waals surface area contributed by atoms with E-state index in [-0.39, 0.29) is 12.1 Å². The van der Waals surface area contributed by atoms with Crippen LogP contribution in [-0.4, -0.2) is 32.2 Å². The first kappa shape index (κ1) is 15.5. The van der Waals surface area contributed by atoms with Gasteiger partial charge < -0.3 is 10.4 Å². The molecule has 1 fully saturated rings. The van der Waals surface area contributed by atoms with Crippen molar-refractivity contribution in [1.29, 1.82) is 0 Å². The van der Waals surface area contributed by atoms with Gasteiger partial charge in [0.25, 0.3) is 0 Å². The van der Waals surface area contributed by atoms with Gasteiger partial charge >= 0.3 is 0 Å². The maximum atomic E-state index is 9.72. The minimum atomic E-state index is -0.170. The normalized spacial score (nSPS) is 21.4. The van der Waals surface area contributed by atoms with E-state index in [1.807, 2.05) is 36.7 Å². The number of hydrogen-bond acceptors (Lipinski definition) is 6. The quantitative estimate of drug-likeness (QED) is 0.746. The fourth-order valence-electron chi connectivity index (χ4n) is 3.29. The van der Waals surface area contributed by atoms with Crippen LogP contribution in [0.4, 0.5) is 5.82 Å². The first-order valence-electron chi connectivity index (χ1n) is 8.25.